The molecule has 3 rings (SSSR count). The van der Waals surface area contributed by atoms with Crippen LogP contribution in [0.1, 0.15) is 11.4 Å². The number of hydrogen-bond donors (Lipinski definition) is 1. The molecule has 0 aliphatic carbocycles. The first-order valence-electron chi connectivity index (χ1n) is 6.10. The summed E-state index contributed by atoms with van der Waals surface area (Å²) >= 11 is 12.1. The smallest absolute Gasteiger partial charge is 0.261 e. The number of hydrogen-bond acceptors (Lipinski definition) is 5. The van der Waals surface area contributed by atoms with Gasteiger partial charge in [-0.15, -0.1) is 0 Å². The molecule has 0 spiro atoms. The molecule has 3 aromatic rings. The van der Waals surface area contributed by atoms with E-state index in [1.165, 1.54) is 0 Å². The second kappa shape index (κ2) is 5.71. The van der Waals surface area contributed by atoms with Crippen LogP contribution in [-0.4, -0.2) is 15.1 Å². The molecule has 2 heterocycles. The van der Waals surface area contributed by atoms with E-state index in [9.17, 15) is 0 Å². The molecule has 0 aliphatic heterocycles. The van der Waals surface area contributed by atoms with Gasteiger partial charge in [0.15, 0.2) is 5.82 Å². The van der Waals surface area contributed by atoms with E-state index in [0.717, 1.165) is 5.56 Å². The number of aromatic nitrogens is 3. The number of anilines is 1. The SMILES string of the molecule is Nc1c(Cl)ccc(Cl)c1-c1nc(Cc2cccnc2)no1. The van der Waals surface area contributed by atoms with Crippen LogP contribution < -0.4 is 5.73 Å². The van der Waals surface area contributed by atoms with Crippen LogP contribution >= 0.6 is 23.2 Å². The molecule has 0 amide bonds. The number of rotatable bonds is 3. The summed E-state index contributed by atoms with van der Waals surface area (Å²) in [4.78, 5) is 8.35. The quantitative estimate of drug-likeness (QED) is 0.746. The lowest BCUT2D eigenvalue weighted by molar-refractivity contribution is 0.424. The molecule has 0 fully saturated rings. The van der Waals surface area contributed by atoms with Crippen molar-refractivity contribution >= 4 is 28.9 Å². The van der Waals surface area contributed by atoms with Crippen LogP contribution in [0.25, 0.3) is 11.5 Å². The molecule has 0 bridgehead atoms. The summed E-state index contributed by atoms with van der Waals surface area (Å²) in [6, 6.07) is 7.04. The van der Waals surface area contributed by atoms with Crippen molar-refractivity contribution in [1.82, 2.24) is 15.1 Å². The molecule has 106 valence electrons. The minimum atomic E-state index is 0.249. The maximum Gasteiger partial charge on any atom is 0.261 e. The van der Waals surface area contributed by atoms with Gasteiger partial charge < -0.3 is 10.3 Å². The second-order valence-corrected chi connectivity index (χ2v) is 5.19. The summed E-state index contributed by atoms with van der Waals surface area (Å²) in [5.41, 5.74) is 7.68. The predicted octanol–water partition coefficient (Wildman–Crippen LogP) is 3.61. The summed E-state index contributed by atoms with van der Waals surface area (Å²) in [7, 11) is 0. The third kappa shape index (κ3) is 2.84. The molecule has 0 saturated heterocycles. The normalized spacial score (nSPS) is 10.8. The van der Waals surface area contributed by atoms with Crippen LogP contribution in [0.15, 0.2) is 41.2 Å². The van der Waals surface area contributed by atoms with E-state index in [-0.39, 0.29) is 5.89 Å². The molecular weight excluding hydrogens is 311 g/mol. The number of nitrogens with zero attached hydrogens (tertiary/aromatic N) is 3. The van der Waals surface area contributed by atoms with Gasteiger partial charge in [-0.3, -0.25) is 4.98 Å². The van der Waals surface area contributed by atoms with Gasteiger partial charge in [0, 0.05) is 18.8 Å². The molecule has 0 unspecified atom stereocenters. The fourth-order valence-corrected chi connectivity index (χ4v) is 2.30. The van der Waals surface area contributed by atoms with Gasteiger partial charge in [0.2, 0.25) is 0 Å². The van der Waals surface area contributed by atoms with Gasteiger partial charge in [-0.25, -0.2) is 0 Å². The van der Waals surface area contributed by atoms with E-state index >= 15 is 0 Å². The van der Waals surface area contributed by atoms with Crippen molar-refractivity contribution in [1.29, 1.82) is 0 Å². The van der Waals surface area contributed by atoms with E-state index in [4.69, 9.17) is 33.5 Å². The molecule has 0 atom stereocenters. The Morgan fingerprint density at radius 2 is 1.95 bits per heavy atom. The average molecular weight is 321 g/mol. The third-order valence-corrected chi connectivity index (χ3v) is 3.55. The van der Waals surface area contributed by atoms with Crippen LogP contribution in [0.4, 0.5) is 5.69 Å². The van der Waals surface area contributed by atoms with E-state index in [2.05, 4.69) is 15.1 Å². The van der Waals surface area contributed by atoms with Crippen molar-refractivity contribution in [3.63, 3.8) is 0 Å². The van der Waals surface area contributed by atoms with Crippen molar-refractivity contribution < 1.29 is 4.52 Å². The van der Waals surface area contributed by atoms with Gasteiger partial charge in [0.1, 0.15) is 0 Å². The average Bonchev–Trinajstić information content (AvgIpc) is 2.93. The Morgan fingerprint density at radius 3 is 2.71 bits per heavy atom. The summed E-state index contributed by atoms with van der Waals surface area (Å²) in [6.45, 7) is 0. The number of halogens is 2. The molecule has 5 nitrogen and oxygen atoms in total. The van der Waals surface area contributed by atoms with Gasteiger partial charge in [-0.05, 0) is 23.8 Å². The van der Waals surface area contributed by atoms with Gasteiger partial charge in [0.05, 0.1) is 21.3 Å². The Bertz CT molecular complexity index is 774. The zero-order chi connectivity index (χ0) is 14.8. The molecule has 7 heteroatoms. The highest BCUT2D eigenvalue weighted by molar-refractivity contribution is 6.37. The summed E-state index contributed by atoms with van der Waals surface area (Å²) in [6.07, 6.45) is 3.96. The van der Waals surface area contributed by atoms with Crippen molar-refractivity contribution in [2.24, 2.45) is 0 Å². The number of pyridine rings is 1. The third-order valence-electron chi connectivity index (χ3n) is 2.91. The Hall–Kier alpha value is -2.11. The molecule has 0 saturated carbocycles. The molecule has 1 aromatic carbocycles. The lowest BCUT2D eigenvalue weighted by atomic mass is 10.1. The lowest BCUT2D eigenvalue weighted by Crippen LogP contribution is -1.94. The van der Waals surface area contributed by atoms with Gasteiger partial charge >= 0.3 is 0 Å². The lowest BCUT2D eigenvalue weighted by Gasteiger charge is -2.04. The van der Waals surface area contributed by atoms with Crippen LogP contribution in [0.3, 0.4) is 0 Å². The van der Waals surface area contributed by atoms with Gasteiger partial charge in [-0.1, -0.05) is 34.4 Å². The molecule has 0 aliphatic rings. The van der Waals surface area contributed by atoms with E-state index in [1.807, 2.05) is 12.1 Å². The highest BCUT2D eigenvalue weighted by Gasteiger charge is 2.17. The Balaban J connectivity index is 1.94. The zero-order valence-corrected chi connectivity index (χ0v) is 12.3. The molecule has 21 heavy (non-hydrogen) atoms. The van der Waals surface area contributed by atoms with Crippen molar-refractivity contribution in [3.8, 4) is 11.5 Å². The number of nitrogen functional groups attached to an aromatic ring is 1. The second-order valence-electron chi connectivity index (χ2n) is 4.37. The van der Waals surface area contributed by atoms with Crippen LogP contribution in [-0.2, 0) is 6.42 Å². The first-order chi connectivity index (χ1) is 10.1. The van der Waals surface area contributed by atoms with Gasteiger partial charge in [-0.2, -0.15) is 4.98 Å². The van der Waals surface area contributed by atoms with E-state index < -0.39 is 0 Å². The number of nitrogens with two attached hydrogens (primary N) is 1. The molecule has 2 aromatic heterocycles. The highest BCUT2D eigenvalue weighted by Crippen LogP contribution is 2.36. The van der Waals surface area contributed by atoms with Crippen molar-refractivity contribution in [2.45, 2.75) is 6.42 Å². The summed E-state index contributed by atoms with van der Waals surface area (Å²) < 4.78 is 5.23. The number of benzene rings is 1. The minimum Gasteiger partial charge on any atom is -0.397 e. The van der Waals surface area contributed by atoms with Crippen LogP contribution in [0, 0.1) is 0 Å². The zero-order valence-electron chi connectivity index (χ0n) is 10.8. The fraction of sp³-hybridized carbons (Fsp3) is 0.0714. The summed E-state index contributed by atoms with van der Waals surface area (Å²) in [5.74, 6) is 0.771. The minimum absolute atomic E-state index is 0.249. The first kappa shape index (κ1) is 13.9. The monoisotopic (exact) mass is 320 g/mol. The first-order valence-corrected chi connectivity index (χ1v) is 6.86. The Morgan fingerprint density at radius 1 is 1.14 bits per heavy atom. The maximum atomic E-state index is 6.13. The van der Waals surface area contributed by atoms with E-state index in [1.54, 1.807) is 24.5 Å². The van der Waals surface area contributed by atoms with Crippen molar-refractivity contribution in [2.75, 3.05) is 5.73 Å². The largest absolute Gasteiger partial charge is 0.397 e. The maximum absolute atomic E-state index is 6.13. The fourth-order valence-electron chi connectivity index (χ4n) is 1.90. The molecular formula is C14H10Cl2N4O. The van der Waals surface area contributed by atoms with Gasteiger partial charge in [0.25, 0.3) is 5.89 Å². The predicted molar refractivity (Wildman–Crippen MR) is 81.2 cm³/mol. The molecule has 0 radical (unpaired) electrons. The topological polar surface area (TPSA) is 77.8 Å². The Labute approximate surface area is 130 Å². The Kier molecular flexibility index (Phi) is 3.77. The van der Waals surface area contributed by atoms with E-state index in [0.29, 0.717) is 33.5 Å². The van der Waals surface area contributed by atoms with Crippen LogP contribution in [0.5, 0.6) is 0 Å². The highest BCUT2D eigenvalue weighted by atomic mass is 35.5. The van der Waals surface area contributed by atoms with Crippen molar-refractivity contribution in [3.05, 3.63) is 58.1 Å². The van der Waals surface area contributed by atoms with Crippen LogP contribution in [0.2, 0.25) is 10.0 Å². The standard InChI is InChI=1S/C14H10Cl2N4O/c15-9-3-4-10(16)13(17)12(9)14-19-11(20-21-14)6-8-2-1-5-18-7-8/h1-5,7H,6,17H2. The summed E-state index contributed by atoms with van der Waals surface area (Å²) in [5, 5.41) is 4.73. The molecule has 2 N–H and O–H groups in total.